The van der Waals surface area contributed by atoms with Gasteiger partial charge in [-0.05, 0) is 12.8 Å². The summed E-state index contributed by atoms with van der Waals surface area (Å²) in [5.41, 5.74) is 0. The number of unbranched alkanes of at least 4 members (excludes halogenated alkanes) is 3. The lowest BCUT2D eigenvalue weighted by atomic mass is 10.1. The molecule has 0 spiro atoms. The first-order valence-electron chi connectivity index (χ1n) is 5.73. The van der Waals surface area contributed by atoms with Gasteiger partial charge in [-0.1, -0.05) is 46.0 Å². The predicted octanol–water partition coefficient (Wildman–Crippen LogP) is 3.17. The Morgan fingerprint density at radius 3 is 1.88 bits per heavy atom. The van der Waals surface area contributed by atoms with Crippen molar-refractivity contribution in [1.82, 2.24) is 0 Å². The van der Waals surface area contributed by atoms with E-state index in [2.05, 4.69) is 6.92 Å². The summed E-state index contributed by atoms with van der Waals surface area (Å²) >= 11 is 0. The van der Waals surface area contributed by atoms with E-state index in [1.54, 1.807) is 0 Å². The van der Waals surface area contributed by atoms with Crippen molar-refractivity contribution in [2.75, 3.05) is 0 Å². The van der Waals surface area contributed by atoms with E-state index in [1.807, 2.05) is 6.92 Å². The van der Waals surface area contributed by atoms with Gasteiger partial charge in [0.15, 0.2) is 0 Å². The van der Waals surface area contributed by atoms with Gasteiger partial charge < -0.3 is 14.7 Å². The van der Waals surface area contributed by atoms with Crippen LogP contribution in [0.4, 0.5) is 4.39 Å². The van der Waals surface area contributed by atoms with Crippen LogP contribution in [-0.4, -0.2) is 20.9 Å². The lowest BCUT2D eigenvalue weighted by Gasteiger charge is -2.04. The highest BCUT2D eigenvalue weighted by Gasteiger charge is 2.03. The maximum atomic E-state index is 12.8. The van der Waals surface area contributed by atoms with E-state index in [4.69, 9.17) is 19.2 Å². The van der Waals surface area contributed by atoms with E-state index in [0.717, 1.165) is 25.7 Å². The summed E-state index contributed by atoms with van der Waals surface area (Å²) in [6.07, 6.45) is 6.78. The van der Waals surface area contributed by atoms with Gasteiger partial charge in [0.05, 0.1) is 0 Å². The van der Waals surface area contributed by atoms with Gasteiger partial charge in [0.25, 0.3) is 0 Å². The second kappa shape index (κ2) is 11.5. The number of alkyl halides is 1. The molecule has 0 aliphatic rings. The number of phosphoric acid groups is 1. The SMILES string of the molecule is CCCCCCC(F)CCC.O=P(O)(O)O. The maximum absolute atomic E-state index is 12.8. The van der Waals surface area contributed by atoms with Gasteiger partial charge in [0.2, 0.25) is 0 Å². The molecule has 3 N–H and O–H groups in total. The van der Waals surface area contributed by atoms with Crippen LogP contribution in [-0.2, 0) is 4.57 Å². The Morgan fingerprint density at radius 2 is 1.50 bits per heavy atom. The van der Waals surface area contributed by atoms with Gasteiger partial charge in [-0.3, -0.25) is 0 Å². The minimum Gasteiger partial charge on any atom is -0.303 e. The Morgan fingerprint density at radius 1 is 1.00 bits per heavy atom. The molecule has 4 nitrogen and oxygen atoms in total. The molecule has 0 fully saturated rings. The lowest BCUT2D eigenvalue weighted by molar-refractivity contribution is 0.275. The van der Waals surface area contributed by atoms with Crippen LogP contribution in [0.1, 0.15) is 58.8 Å². The third-order valence-corrected chi connectivity index (χ3v) is 1.97. The fraction of sp³-hybridized carbons (Fsp3) is 1.00. The molecule has 1 unspecified atom stereocenters. The molecule has 0 bridgehead atoms. The van der Waals surface area contributed by atoms with E-state index >= 15 is 0 Å². The maximum Gasteiger partial charge on any atom is 0.466 e. The van der Waals surface area contributed by atoms with Crippen LogP contribution < -0.4 is 0 Å². The minimum absolute atomic E-state index is 0.531. The average molecular weight is 258 g/mol. The third kappa shape index (κ3) is 29.2. The summed E-state index contributed by atoms with van der Waals surface area (Å²) in [7, 11) is -4.64. The molecular weight excluding hydrogens is 234 g/mol. The van der Waals surface area contributed by atoms with Crippen LogP contribution in [0, 0.1) is 0 Å². The highest BCUT2D eigenvalue weighted by molar-refractivity contribution is 7.45. The molecule has 0 aromatic heterocycles. The summed E-state index contributed by atoms with van der Waals surface area (Å²) in [4.78, 5) is 21.6. The van der Waals surface area contributed by atoms with Crippen molar-refractivity contribution in [1.29, 1.82) is 0 Å². The molecule has 0 aromatic carbocycles. The smallest absolute Gasteiger partial charge is 0.303 e. The molecule has 6 heteroatoms. The highest BCUT2D eigenvalue weighted by atomic mass is 31.2. The second-order valence-electron chi connectivity index (χ2n) is 3.75. The van der Waals surface area contributed by atoms with E-state index in [1.165, 1.54) is 19.3 Å². The fourth-order valence-corrected chi connectivity index (χ4v) is 1.25. The molecule has 0 aliphatic carbocycles. The Hall–Kier alpha value is 0.0400. The van der Waals surface area contributed by atoms with E-state index in [-0.39, 0.29) is 0 Å². The van der Waals surface area contributed by atoms with Crippen molar-refractivity contribution in [2.45, 2.75) is 65.0 Å². The zero-order valence-electron chi connectivity index (χ0n) is 10.1. The van der Waals surface area contributed by atoms with Gasteiger partial charge in [0.1, 0.15) is 6.17 Å². The number of hydrogen-bond donors (Lipinski definition) is 3. The molecule has 16 heavy (non-hydrogen) atoms. The molecule has 0 aromatic rings. The molecule has 0 saturated carbocycles. The average Bonchev–Trinajstić information content (AvgIpc) is 2.10. The number of hydrogen-bond acceptors (Lipinski definition) is 1. The van der Waals surface area contributed by atoms with E-state index < -0.39 is 14.0 Å². The van der Waals surface area contributed by atoms with Crippen LogP contribution in [0.2, 0.25) is 0 Å². The molecule has 0 aliphatic heterocycles. The van der Waals surface area contributed by atoms with Gasteiger partial charge in [0, 0.05) is 0 Å². The largest absolute Gasteiger partial charge is 0.466 e. The molecule has 0 amide bonds. The van der Waals surface area contributed by atoms with Crippen molar-refractivity contribution in [3.63, 3.8) is 0 Å². The summed E-state index contributed by atoms with van der Waals surface area (Å²) in [6.45, 7) is 4.22. The van der Waals surface area contributed by atoms with E-state index in [0.29, 0.717) is 0 Å². The molecule has 0 heterocycles. The van der Waals surface area contributed by atoms with Crippen LogP contribution in [0.25, 0.3) is 0 Å². The first-order valence-corrected chi connectivity index (χ1v) is 7.30. The Labute approximate surface area is 97.1 Å². The first-order chi connectivity index (χ1) is 7.31. The summed E-state index contributed by atoms with van der Waals surface area (Å²) < 4.78 is 21.7. The number of rotatable bonds is 7. The summed E-state index contributed by atoms with van der Waals surface area (Å²) in [6, 6.07) is 0. The van der Waals surface area contributed by atoms with Crippen molar-refractivity contribution >= 4 is 7.82 Å². The van der Waals surface area contributed by atoms with Crippen molar-refractivity contribution in [3.05, 3.63) is 0 Å². The topological polar surface area (TPSA) is 77.8 Å². The highest BCUT2D eigenvalue weighted by Crippen LogP contribution is 2.25. The van der Waals surface area contributed by atoms with Crippen molar-refractivity contribution < 1.29 is 23.6 Å². The van der Waals surface area contributed by atoms with Crippen LogP contribution in [0.5, 0.6) is 0 Å². The second-order valence-corrected chi connectivity index (χ2v) is 4.78. The van der Waals surface area contributed by atoms with Gasteiger partial charge in [-0.2, -0.15) is 0 Å². The fourth-order valence-electron chi connectivity index (χ4n) is 1.25. The molecular formula is C10H24FO4P. The monoisotopic (exact) mass is 258 g/mol. The zero-order valence-corrected chi connectivity index (χ0v) is 11.0. The van der Waals surface area contributed by atoms with Crippen LogP contribution >= 0.6 is 7.82 Å². The summed E-state index contributed by atoms with van der Waals surface area (Å²) in [5, 5.41) is 0. The summed E-state index contributed by atoms with van der Waals surface area (Å²) in [5.74, 6) is 0. The molecule has 0 saturated heterocycles. The normalized spacial score (nSPS) is 12.9. The Balaban J connectivity index is 0. The zero-order chi connectivity index (χ0) is 13.0. The number of halogens is 1. The van der Waals surface area contributed by atoms with Gasteiger partial charge in [-0.25, -0.2) is 8.96 Å². The van der Waals surface area contributed by atoms with Gasteiger partial charge >= 0.3 is 7.82 Å². The first kappa shape index (κ1) is 18.4. The van der Waals surface area contributed by atoms with Crippen molar-refractivity contribution in [3.8, 4) is 0 Å². The standard InChI is InChI=1S/C10H21F.H3O4P/c1-3-5-6-7-9-10(11)8-4-2;1-5(2,3)4/h10H,3-9H2,1-2H3;(H3,1,2,3,4). The molecule has 0 rings (SSSR count). The van der Waals surface area contributed by atoms with Crippen LogP contribution in [0.15, 0.2) is 0 Å². The predicted molar refractivity (Wildman–Crippen MR) is 62.8 cm³/mol. The third-order valence-electron chi connectivity index (χ3n) is 1.97. The van der Waals surface area contributed by atoms with E-state index in [9.17, 15) is 4.39 Å². The minimum atomic E-state index is -4.64. The van der Waals surface area contributed by atoms with Gasteiger partial charge in [-0.15, -0.1) is 0 Å². The van der Waals surface area contributed by atoms with Crippen LogP contribution in [0.3, 0.4) is 0 Å². The lowest BCUT2D eigenvalue weighted by Crippen LogP contribution is -1.98. The Bertz CT molecular complexity index is 175. The molecule has 1 atom stereocenters. The molecule has 0 radical (unpaired) electrons. The quantitative estimate of drug-likeness (QED) is 0.484. The Kier molecular flexibility index (Phi) is 13.3. The molecule has 100 valence electrons. The van der Waals surface area contributed by atoms with Crippen molar-refractivity contribution in [2.24, 2.45) is 0 Å².